The summed E-state index contributed by atoms with van der Waals surface area (Å²) in [6, 6.07) is 9.05. The molecule has 0 unspecified atom stereocenters. The van der Waals surface area contributed by atoms with E-state index in [9.17, 15) is 4.79 Å². The Morgan fingerprint density at radius 2 is 2.10 bits per heavy atom. The standard InChI is InChI=1S/C16H20N2O3/c1-2-3-4-7-10-21-15-9-6-5-8-12(15)13-11-14(16(19)20)18-17-13/h5-6,8-9,11H,2-4,7,10H2,1H3,(H,17,18)(H,19,20). The number of nitrogens with zero attached hydrogens (tertiary/aromatic N) is 1. The number of carboxylic acids is 1. The highest BCUT2D eigenvalue weighted by molar-refractivity contribution is 5.87. The van der Waals surface area contributed by atoms with E-state index in [2.05, 4.69) is 17.1 Å². The number of hydrogen-bond acceptors (Lipinski definition) is 3. The fourth-order valence-corrected chi connectivity index (χ4v) is 2.08. The predicted molar refractivity (Wildman–Crippen MR) is 80.6 cm³/mol. The van der Waals surface area contributed by atoms with Gasteiger partial charge in [-0.1, -0.05) is 38.3 Å². The van der Waals surface area contributed by atoms with Gasteiger partial charge in [0.25, 0.3) is 0 Å². The van der Waals surface area contributed by atoms with Crippen molar-refractivity contribution in [2.24, 2.45) is 0 Å². The molecule has 0 spiro atoms. The molecule has 0 bridgehead atoms. The first-order valence-corrected chi connectivity index (χ1v) is 7.23. The zero-order valence-electron chi connectivity index (χ0n) is 12.1. The summed E-state index contributed by atoms with van der Waals surface area (Å²) in [5.41, 5.74) is 1.45. The quantitative estimate of drug-likeness (QED) is 0.726. The predicted octanol–water partition coefficient (Wildman–Crippen LogP) is 3.73. The lowest BCUT2D eigenvalue weighted by atomic mass is 10.1. The third-order valence-electron chi connectivity index (χ3n) is 3.23. The second kappa shape index (κ2) is 7.47. The SMILES string of the molecule is CCCCCCOc1ccccc1-c1cc(C(=O)O)[nH]n1. The summed E-state index contributed by atoms with van der Waals surface area (Å²) in [6.07, 6.45) is 4.58. The molecule has 0 aliphatic heterocycles. The Morgan fingerprint density at radius 3 is 2.81 bits per heavy atom. The van der Waals surface area contributed by atoms with E-state index in [1.807, 2.05) is 24.3 Å². The molecule has 1 heterocycles. The van der Waals surface area contributed by atoms with Crippen LogP contribution in [0.15, 0.2) is 30.3 Å². The first-order valence-electron chi connectivity index (χ1n) is 7.23. The Labute approximate surface area is 124 Å². The summed E-state index contributed by atoms with van der Waals surface area (Å²) in [5, 5.41) is 15.5. The molecule has 2 rings (SSSR count). The molecule has 1 aromatic heterocycles. The van der Waals surface area contributed by atoms with Crippen LogP contribution in [0, 0.1) is 0 Å². The second-order valence-corrected chi connectivity index (χ2v) is 4.88. The third-order valence-corrected chi connectivity index (χ3v) is 3.23. The lowest BCUT2D eigenvalue weighted by molar-refractivity contribution is 0.0690. The number of unbranched alkanes of at least 4 members (excludes halogenated alkanes) is 3. The van der Waals surface area contributed by atoms with Gasteiger partial charge >= 0.3 is 5.97 Å². The Bertz CT molecular complexity index is 593. The molecule has 21 heavy (non-hydrogen) atoms. The van der Waals surface area contributed by atoms with Gasteiger partial charge in [0.2, 0.25) is 0 Å². The van der Waals surface area contributed by atoms with E-state index in [1.54, 1.807) is 0 Å². The molecule has 0 atom stereocenters. The second-order valence-electron chi connectivity index (χ2n) is 4.88. The molecule has 2 aromatic rings. The highest BCUT2D eigenvalue weighted by atomic mass is 16.5. The van der Waals surface area contributed by atoms with Crippen molar-refractivity contribution in [2.75, 3.05) is 6.61 Å². The number of H-pyrrole nitrogens is 1. The molecule has 0 aliphatic rings. The van der Waals surface area contributed by atoms with Crippen LogP contribution in [0.25, 0.3) is 11.3 Å². The van der Waals surface area contributed by atoms with Gasteiger partial charge in [-0.15, -0.1) is 0 Å². The zero-order chi connectivity index (χ0) is 15.1. The van der Waals surface area contributed by atoms with Gasteiger partial charge in [-0.2, -0.15) is 5.10 Å². The molecule has 0 amide bonds. The highest BCUT2D eigenvalue weighted by Gasteiger charge is 2.12. The van der Waals surface area contributed by atoms with E-state index < -0.39 is 5.97 Å². The number of aromatic nitrogens is 2. The number of carboxylic acid groups (broad SMARTS) is 1. The molecule has 0 saturated carbocycles. The van der Waals surface area contributed by atoms with Crippen LogP contribution in [0.3, 0.4) is 0 Å². The molecule has 1 aromatic carbocycles. The van der Waals surface area contributed by atoms with Crippen molar-refractivity contribution < 1.29 is 14.6 Å². The van der Waals surface area contributed by atoms with E-state index >= 15 is 0 Å². The van der Waals surface area contributed by atoms with Gasteiger partial charge in [0.15, 0.2) is 0 Å². The van der Waals surface area contributed by atoms with Gasteiger partial charge in [0.05, 0.1) is 12.3 Å². The van der Waals surface area contributed by atoms with Crippen molar-refractivity contribution in [3.8, 4) is 17.0 Å². The smallest absolute Gasteiger partial charge is 0.353 e. The van der Waals surface area contributed by atoms with E-state index in [0.29, 0.717) is 12.3 Å². The first kappa shape index (κ1) is 15.1. The number of rotatable bonds is 8. The molecule has 112 valence electrons. The highest BCUT2D eigenvalue weighted by Crippen LogP contribution is 2.28. The summed E-state index contributed by atoms with van der Waals surface area (Å²) in [7, 11) is 0. The van der Waals surface area contributed by atoms with E-state index in [1.165, 1.54) is 18.9 Å². The third kappa shape index (κ3) is 4.08. The number of nitrogens with one attached hydrogen (secondary N) is 1. The normalized spacial score (nSPS) is 10.5. The van der Waals surface area contributed by atoms with Crippen molar-refractivity contribution in [2.45, 2.75) is 32.6 Å². The van der Waals surface area contributed by atoms with Crippen molar-refractivity contribution in [1.82, 2.24) is 10.2 Å². The van der Waals surface area contributed by atoms with E-state index in [0.717, 1.165) is 24.2 Å². The van der Waals surface area contributed by atoms with Crippen LogP contribution in [0.2, 0.25) is 0 Å². The maximum Gasteiger partial charge on any atom is 0.353 e. The Hall–Kier alpha value is -2.30. The van der Waals surface area contributed by atoms with Gasteiger partial charge < -0.3 is 9.84 Å². The Kier molecular flexibility index (Phi) is 5.37. The molecule has 0 saturated heterocycles. The summed E-state index contributed by atoms with van der Waals surface area (Å²) in [5.74, 6) is -0.288. The largest absolute Gasteiger partial charge is 0.493 e. The monoisotopic (exact) mass is 288 g/mol. The number of hydrogen-bond donors (Lipinski definition) is 2. The summed E-state index contributed by atoms with van der Waals surface area (Å²) in [4.78, 5) is 10.9. The molecular weight excluding hydrogens is 268 g/mol. The van der Waals surface area contributed by atoms with Crippen molar-refractivity contribution in [3.05, 3.63) is 36.0 Å². The fourth-order valence-electron chi connectivity index (χ4n) is 2.08. The molecule has 2 N–H and O–H groups in total. The molecular formula is C16H20N2O3. The topological polar surface area (TPSA) is 75.2 Å². The molecule has 0 radical (unpaired) electrons. The minimum absolute atomic E-state index is 0.0720. The molecule has 0 fully saturated rings. The number of aromatic carboxylic acids is 1. The van der Waals surface area contributed by atoms with Gasteiger partial charge in [-0.25, -0.2) is 4.79 Å². The number of carbonyl (C=O) groups is 1. The van der Waals surface area contributed by atoms with Gasteiger partial charge in [-0.3, -0.25) is 5.10 Å². The Morgan fingerprint density at radius 1 is 1.29 bits per heavy atom. The van der Waals surface area contributed by atoms with Gasteiger partial charge in [-0.05, 0) is 24.6 Å². The number of para-hydroxylation sites is 1. The van der Waals surface area contributed by atoms with Crippen molar-refractivity contribution in [3.63, 3.8) is 0 Å². The van der Waals surface area contributed by atoms with E-state index in [4.69, 9.17) is 9.84 Å². The van der Waals surface area contributed by atoms with Crippen LogP contribution in [-0.2, 0) is 0 Å². The van der Waals surface area contributed by atoms with Crippen LogP contribution in [0.1, 0.15) is 43.1 Å². The summed E-state index contributed by atoms with van der Waals surface area (Å²) in [6.45, 7) is 2.83. The first-order chi connectivity index (χ1) is 10.2. The lowest BCUT2D eigenvalue weighted by Gasteiger charge is -2.09. The van der Waals surface area contributed by atoms with Crippen LogP contribution >= 0.6 is 0 Å². The number of aromatic amines is 1. The maximum absolute atomic E-state index is 10.9. The van der Waals surface area contributed by atoms with Crippen LogP contribution < -0.4 is 4.74 Å². The number of benzene rings is 1. The van der Waals surface area contributed by atoms with Crippen molar-refractivity contribution in [1.29, 1.82) is 0 Å². The minimum atomic E-state index is -1.02. The lowest BCUT2D eigenvalue weighted by Crippen LogP contribution is -1.98. The maximum atomic E-state index is 10.9. The average molecular weight is 288 g/mol. The van der Waals surface area contributed by atoms with Crippen molar-refractivity contribution >= 4 is 5.97 Å². The summed E-state index contributed by atoms with van der Waals surface area (Å²) >= 11 is 0. The fraction of sp³-hybridized carbons (Fsp3) is 0.375. The van der Waals surface area contributed by atoms with Crippen LogP contribution in [0.5, 0.6) is 5.75 Å². The minimum Gasteiger partial charge on any atom is -0.493 e. The summed E-state index contributed by atoms with van der Waals surface area (Å²) < 4.78 is 5.81. The number of ether oxygens (including phenoxy) is 1. The molecule has 5 heteroatoms. The molecule has 0 aliphatic carbocycles. The van der Waals surface area contributed by atoms with Gasteiger partial charge in [0.1, 0.15) is 11.4 Å². The van der Waals surface area contributed by atoms with Crippen LogP contribution in [0.4, 0.5) is 0 Å². The van der Waals surface area contributed by atoms with Crippen LogP contribution in [-0.4, -0.2) is 27.9 Å². The van der Waals surface area contributed by atoms with Gasteiger partial charge in [0, 0.05) is 5.56 Å². The van der Waals surface area contributed by atoms with E-state index in [-0.39, 0.29) is 5.69 Å². The molecule has 5 nitrogen and oxygen atoms in total. The zero-order valence-corrected chi connectivity index (χ0v) is 12.1. The average Bonchev–Trinajstić information content (AvgIpc) is 2.97. The Balaban J connectivity index is 2.07.